The van der Waals surface area contributed by atoms with Crippen LogP contribution in [0.5, 0.6) is 0 Å². The second-order valence-corrected chi connectivity index (χ2v) is 0.761. The molecule has 0 atom stereocenters. The summed E-state index contributed by atoms with van der Waals surface area (Å²) in [6.45, 7) is 5.42. The molecule has 3 heteroatoms. The number of hydrogen-bond donors (Lipinski definition) is 0. The van der Waals surface area contributed by atoms with Crippen LogP contribution in [0, 0.1) is 0 Å². The van der Waals surface area contributed by atoms with E-state index in [4.69, 9.17) is 0 Å². The molecule has 0 saturated carbocycles. The Morgan fingerprint density at radius 1 is 1.25 bits per heavy atom. The Kier molecular flexibility index (Phi) is 83.2. The van der Waals surface area contributed by atoms with Gasteiger partial charge in [0.25, 0.3) is 0 Å². The van der Waals surface area contributed by atoms with E-state index in [-0.39, 0.29) is 32.7 Å². The standard InChI is InChI=1S/C5H8.2O.Ti/c1-3-5-4-2;;;/h3-5H,1H2,2H3;;;/q;2*-2;+4. The zero-order chi connectivity index (χ0) is 4.12. The molecule has 0 spiro atoms. The van der Waals surface area contributed by atoms with Crippen molar-refractivity contribution < 1.29 is 32.7 Å². The topological polar surface area (TPSA) is 57.0 Å². The van der Waals surface area contributed by atoms with Gasteiger partial charge in [0.15, 0.2) is 0 Å². The fourth-order valence-corrected chi connectivity index (χ4v) is 0.136. The van der Waals surface area contributed by atoms with Gasteiger partial charge >= 0.3 is 21.7 Å². The van der Waals surface area contributed by atoms with Gasteiger partial charge in [-0.2, -0.15) is 0 Å². The maximum Gasteiger partial charge on any atom is 4.00 e. The summed E-state index contributed by atoms with van der Waals surface area (Å²) in [5, 5.41) is 0. The summed E-state index contributed by atoms with van der Waals surface area (Å²) >= 11 is 0. The summed E-state index contributed by atoms with van der Waals surface area (Å²) in [5.74, 6) is 0. The average molecular weight is 148 g/mol. The summed E-state index contributed by atoms with van der Waals surface area (Å²) < 4.78 is 0. The molecule has 0 heterocycles. The molecule has 0 aromatic heterocycles. The molecular formula is C5H8O2Ti. The van der Waals surface area contributed by atoms with Gasteiger partial charge in [-0.3, -0.25) is 0 Å². The van der Waals surface area contributed by atoms with E-state index in [1.165, 1.54) is 0 Å². The van der Waals surface area contributed by atoms with E-state index in [0.717, 1.165) is 0 Å². The van der Waals surface area contributed by atoms with Crippen LogP contribution in [0.25, 0.3) is 0 Å². The van der Waals surface area contributed by atoms with Crippen LogP contribution >= 0.6 is 0 Å². The third-order valence-electron chi connectivity index (χ3n) is 0.329. The predicted octanol–water partition coefficient (Wildman–Crippen LogP) is 1.51. The quantitative estimate of drug-likeness (QED) is 0.399. The van der Waals surface area contributed by atoms with E-state index in [1.54, 1.807) is 6.08 Å². The smallest absolute Gasteiger partial charge is 2.00 e. The molecule has 0 rings (SSSR count). The first-order valence-corrected chi connectivity index (χ1v) is 1.65. The molecule has 0 fully saturated rings. The number of rotatable bonds is 1. The van der Waals surface area contributed by atoms with Crippen molar-refractivity contribution in [2.45, 2.75) is 6.92 Å². The van der Waals surface area contributed by atoms with Gasteiger partial charge in [-0.25, -0.2) is 0 Å². The molecule has 44 valence electrons. The van der Waals surface area contributed by atoms with Gasteiger partial charge in [-0.05, 0) is 6.92 Å². The molecule has 0 aromatic rings. The second kappa shape index (κ2) is 27.4. The Balaban J connectivity index is -0.0000000267. The van der Waals surface area contributed by atoms with E-state index < -0.39 is 0 Å². The molecule has 0 N–H and O–H groups in total. The molecule has 0 aromatic carbocycles. The Bertz CT molecular complexity index is 52.4. The minimum absolute atomic E-state index is 0. The Morgan fingerprint density at radius 2 is 1.62 bits per heavy atom. The molecule has 8 heavy (non-hydrogen) atoms. The van der Waals surface area contributed by atoms with Gasteiger partial charge in [0.05, 0.1) is 0 Å². The van der Waals surface area contributed by atoms with Crippen molar-refractivity contribution in [3.8, 4) is 0 Å². The third kappa shape index (κ3) is 35.8. The molecule has 2 nitrogen and oxygen atoms in total. The van der Waals surface area contributed by atoms with E-state index in [1.807, 2.05) is 19.1 Å². The Morgan fingerprint density at radius 3 is 1.62 bits per heavy atom. The Hall–Kier alpha value is 0.114. The van der Waals surface area contributed by atoms with Crippen molar-refractivity contribution in [3.05, 3.63) is 24.8 Å². The first-order valence-electron chi connectivity index (χ1n) is 1.65. The molecular weight excluding hydrogens is 140 g/mol. The van der Waals surface area contributed by atoms with Crippen LogP contribution in [0.1, 0.15) is 6.92 Å². The minimum Gasteiger partial charge on any atom is -2.00 e. The summed E-state index contributed by atoms with van der Waals surface area (Å²) in [7, 11) is 0. The van der Waals surface area contributed by atoms with Crippen molar-refractivity contribution >= 4 is 0 Å². The van der Waals surface area contributed by atoms with Crippen molar-refractivity contribution in [1.82, 2.24) is 0 Å². The first-order chi connectivity index (χ1) is 2.41. The van der Waals surface area contributed by atoms with Crippen molar-refractivity contribution in [3.63, 3.8) is 0 Å². The van der Waals surface area contributed by atoms with Crippen LogP contribution in [0.3, 0.4) is 0 Å². The average Bonchev–Trinajstić information content (AvgIpc) is 1.41. The molecule has 0 saturated heterocycles. The fraction of sp³-hybridized carbons (Fsp3) is 0.200. The van der Waals surface area contributed by atoms with Crippen molar-refractivity contribution in [2.75, 3.05) is 0 Å². The third-order valence-corrected chi connectivity index (χ3v) is 0.329. The number of allylic oxidation sites excluding steroid dienone is 3. The summed E-state index contributed by atoms with van der Waals surface area (Å²) in [6.07, 6.45) is 5.58. The van der Waals surface area contributed by atoms with Gasteiger partial charge in [0, 0.05) is 0 Å². The maximum absolute atomic E-state index is 3.46. The van der Waals surface area contributed by atoms with Crippen LogP contribution in [-0.2, 0) is 32.7 Å². The second-order valence-electron chi connectivity index (χ2n) is 0.761. The zero-order valence-electron chi connectivity index (χ0n) is 4.76. The molecule has 0 amide bonds. The molecule has 0 aliphatic heterocycles. The zero-order valence-corrected chi connectivity index (χ0v) is 6.32. The van der Waals surface area contributed by atoms with Gasteiger partial charge in [0.1, 0.15) is 0 Å². The van der Waals surface area contributed by atoms with Gasteiger partial charge in [-0.15, -0.1) is 0 Å². The van der Waals surface area contributed by atoms with Crippen molar-refractivity contribution in [2.24, 2.45) is 0 Å². The van der Waals surface area contributed by atoms with E-state index in [9.17, 15) is 0 Å². The molecule has 0 aliphatic rings. The minimum atomic E-state index is 0. The largest absolute Gasteiger partial charge is 4.00 e. The van der Waals surface area contributed by atoms with E-state index in [0.29, 0.717) is 0 Å². The molecule has 0 radical (unpaired) electrons. The fourth-order valence-electron chi connectivity index (χ4n) is 0.136. The SMILES string of the molecule is C=CC=CC.[O-2].[O-2].[Ti+4]. The van der Waals surface area contributed by atoms with Crippen LogP contribution < -0.4 is 0 Å². The predicted molar refractivity (Wildman–Crippen MR) is 26.4 cm³/mol. The van der Waals surface area contributed by atoms with Crippen LogP contribution in [0.4, 0.5) is 0 Å². The molecule has 0 aliphatic carbocycles. The van der Waals surface area contributed by atoms with Crippen molar-refractivity contribution in [1.29, 1.82) is 0 Å². The monoisotopic (exact) mass is 148 g/mol. The number of hydrogen-bond acceptors (Lipinski definition) is 0. The summed E-state index contributed by atoms with van der Waals surface area (Å²) in [4.78, 5) is 0. The maximum atomic E-state index is 3.46. The molecule has 0 unspecified atom stereocenters. The van der Waals surface area contributed by atoms with Gasteiger partial charge in [0.2, 0.25) is 0 Å². The van der Waals surface area contributed by atoms with Crippen LogP contribution in [-0.4, -0.2) is 0 Å². The molecule has 0 bridgehead atoms. The Labute approximate surface area is 64.8 Å². The normalized spacial score (nSPS) is 5.62. The van der Waals surface area contributed by atoms with E-state index >= 15 is 0 Å². The summed E-state index contributed by atoms with van der Waals surface area (Å²) in [5.41, 5.74) is 0. The van der Waals surface area contributed by atoms with E-state index in [2.05, 4.69) is 6.58 Å². The first kappa shape index (κ1) is 24.3. The van der Waals surface area contributed by atoms with Gasteiger partial charge < -0.3 is 11.0 Å². The summed E-state index contributed by atoms with van der Waals surface area (Å²) in [6, 6.07) is 0. The van der Waals surface area contributed by atoms with Crippen LogP contribution in [0.2, 0.25) is 0 Å². The van der Waals surface area contributed by atoms with Gasteiger partial charge in [-0.1, -0.05) is 24.8 Å². The van der Waals surface area contributed by atoms with Crippen LogP contribution in [0.15, 0.2) is 24.8 Å².